The van der Waals surface area contributed by atoms with E-state index in [-0.39, 0.29) is 30.8 Å². The third kappa shape index (κ3) is 9.76. The van der Waals surface area contributed by atoms with Crippen molar-refractivity contribution >= 4 is 45.9 Å². The van der Waals surface area contributed by atoms with Crippen LogP contribution in [-0.4, -0.2) is 84.1 Å². The molecule has 20 heteroatoms. The minimum Gasteiger partial charge on any atom is -0.503 e. The first-order chi connectivity index (χ1) is 31.0. The molecule has 0 radical (unpaired) electrons. The molecule has 0 atom stereocenters. The van der Waals surface area contributed by atoms with Gasteiger partial charge in [-0.2, -0.15) is 27.8 Å². The normalized spacial score (nSPS) is 17.8. The van der Waals surface area contributed by atoms with Crippen LogP contribution < -0.4 is 15.5 Å². The summed E-state index contributed by atoms with van der Waals surface area (Å²) in [6, 6.07) is 17.4. The molecule has 4 N–H and O–H groups in total. The van der Waals surface area contributed by atoms with Gasteiger partial charge in [0.05, 0.1) is 34.5 Å². The number of pyridine rings is 1. The van der Waals surface area contributed by atoms with E-state index in [0.29, 0.717) is 18.3 Å². The second-order valence-electron chi connectivity index (χ2n) is 16.4. The van der Waals surface area contributed by atoms with E-state index < -0.39 is 52.8 Å². The Morgan fingerprint density at radius 1 is 0.892 bits per heavy atom. The van der Waals surface area contributed by atoms with Gasteiger partial charge in [-0.05, 0) is 103 Å². The standard InChI is InChI=1S/C43H41F3N8O4.C2HF3O2/c44-34-18-33(39(45)40(46)41(34)56)42(57)47-19-25-3-10-32(11-4-25)53-24-30-9-7-28(17-35(30)50-53)27-6-8-29-22-51(23-31(29)16-27)14-1-2-26-5-12-36-37(20-48-54(36)21-26)52-15-13-38(55)49-43(52)58;3-2(4,5)1(6)7/h5-9,12,16-18,20-21,24-25,32,56H,1-4,10-11,13-15,19,22-23H2,(H,47,57)(H,49,55,58);(H,6,7). The number of carboxylic acids is 1. The van der Waals surface area contributed by atoms with Gasteiger partial charge in [-0.25, -0.2) is 22.9 Å². The number of alkyl halides is 3. The number of urea groups is 1. The number of aromatic hydroxyl groups is 1. The monoisotopic (exact) mass is 904 g/mol. The second kappa shape index (κ2) is 18.3. The predicted octanol–water partition coefficient (Wildman–Crippen LogP) is 7.66. The van der Waals surface area contributed by atoms with Crippen LogP contribution in [0.3, 0.4) is 0 Å². The molecule has 2 fully saturated rings. The van der Waals surface area contributed by atoms with Gasteiger partial charge in [0.25, 0.3) is 5.91 Å². The number of anilines is 1. The Morgan fingerprint density at radius 2 is 1.62 bits per heavy atom. The molecule has 3 aliphatic rings. The molecule has 0 unspecified atom stereocenters. The molecule has 1 aliphatic carbocycles. The molecule has 9 rings (SSSR count). The van der Waals surface area contributed by atoms with Gasteiger partial charge in [0.2, 0.25) is 11.7 Å². The molecule has 14 nitrogen and oxygen atoms in total. The van der Waals surface area contributed by atoms with Gasteiger partial charge in [0.15, 0.2) is 17.4 Å². The Labute approximate surface area is 366 Å². The molecule has 3 aromatic carbocycles. The van der Waals surface area contributed by atoms with Gasteiger partial charge < -0.3 is 15.5 Å². The van der Waals surface area contributed by atoms with Crippen LogP contribution in [0.4, 0.5) is 36.8 Å². The smallest absolute Gasteiger partial charge is 0.490 e. The average molecular weight is 905 g/mol. The van der Waals surface area contributed by atoms with Gasteiger partial charge >= 0.3 is 18.2 Å². The van der Waals surface area contributed by atoms with E-state index in [1.807, 2.05) is 16.9 Å². The van der Waals surface area contributed by atoms with Gasteiger partial charge in [-0.15, -0.1) is 0 Å². The van der Waals surface area contributed by atoms with Crippen molar-refractivity contribution in [3.63, 3.8) is 0 Å². The summed E-state index contributed by atoms with van der Waals surface area (Å²) in [7, 11) is 0. The number of carbonyl (C=O) groups is 4. The number of phenols is 1. The van der Waals surface area contributed by atoms with Gasteiger partial charge in [-0.3, -0.25) is 29.4 Å². The zero-order valence-corrected chi connectivity index (χ0v) is 34.5. The number of fused-ring (bicyclic) bond motifs is 3. The number of carbonyl (C=O) groups excluding carboxylic acids is 3. The van der Waals surface area contributed by atoms with E-state index in [0.717, 1.165) is 91.3 Å². The molecule has 3 aromatic heterocycles. The maximum absolute atomic E-state index is 14.1. The number of hydrogen-bond donors (Lipinski definition) is 4. The SMILES string of the molecule is O=C(O)C(F)(F)F.O=C1CCN(c2cnn3cc(CCCN4Cc5ccc(-c6ccc7cn(C8CCC(CNC(=O)c9cc(F)c(O)c(F)c9F)CC8)nc7c6)cc5C4)ccc23)C(=O)N1. The predicted molar refractivity (Wildman–Crippen MR) is 223 cm³/mol. The number of hydrogen-bond acceptors (Lipinski definition) is 8. The first-order valence-corrected chi connectivity index (χ1v) is 20.9. The Kier molecular flexibility index (Phi) is 12.5. The van der Waals surface area contributed by atoms with Crippen molar-refractivity contribution in [2.45, 2.75) is 70.3 Å². The quantitative estimate of drug-likeness (QED) is 0.0795. The third-order valence-electron chi connectivity index (χ3n) is 12.1. The molecule has 340 valence electrons. The number of imide groups is 1. The summed E-state index contributed by atoms with van der Waals surface area (Å²) in [5.41, 5.74) is 7.75. The van der Waals surface area contributed by atoms with E-state index in [4.69, 9.17) is 15.0 Å². The molecule has 4 amide bonds. The van der Waals surface area contributed by atoms with Crippen LogP contribution >= 0.6 is 0 Å². The van der Waals surface area contributed by atoms with Crippen LogP contribution in [0.5, 0.6) is 5.75 Å². The molecular weight excluding hydrogens is 863 g/mol. The topological polar surface area (TPSA) is 174 Å². The number of nitrogens with one attached hydrogen (secondary N) is 2. The summed E-state index contributed by atoms with van der Waals surface area (Å²) in [4.78, 5) is 49.3. The van der Waals surface area contributed by atoms with Gasteiger partial charge in [0, 0.05) is 50.4 Å². The average Bonchev–Trinajstić information content (AvgIpc) is 4.02. The third-order valence-corrected chi connectivity index (χ3v) is 12.1. The van der Waals surface area contributed by atoms with Gasteiger partial charge in [0.1, 0.15) is 0 Å². The van der Waals surface area contributed by atoms with E-state index in [1.54, 1.807) is 15.6 Å². The summed E-state index contributed by atoms with van der Waals surface area (Å²) in [5.74, 6) is -10.0. The summed E-state index contributed by atoms with van der Waals surface area (Å²) in [6.45, 7) is 3.33. The molecule has 0 spiro atoms. The van der Waals surface area contributed by atoms with Crippen molar-refractivity contribution in [3.05, 3.63) is 113 Å². The molecular formula is C45H42F6N8O6. The first kappa shape index (κ1) is 44.6. The fourth-order valence-electron chi connectivity index (χ4n) is 8.57. The number of aryl methyl sites for hydroxylation is 1. The zero-order valence-electron chi connectivity index (χ0n) is 34.5. The van der Waals surface area contributed by atoms with Crippen LogP contribution in [0, 0.1) is 23.4 Å². The molecule has 1 saturated carbocycles. The van der Waals surface area contributed by atoms with Crippen LogP contribution in [-0.2, 0) is 29.1 Å². The van der Waals surface area contributed by atoms with Crippen LogP contribution in [0.2, 0.25) is 0 Å². The lowest BCUT2D eigenvalue weighted by molar-refractivity contribution is -0.192. The molecule has 2 aliphatic heterocycles. The van der Waals surface area contributed by atoms with Crippen molar-refractivity contribution in [1.82, 2.24) is 34.9 Å². The zero-order chi connectivity index (χ0) is 46.2. The largest absolute Gasteiger partial charge is 0.503 e. The second-order valence-corrected chi connectivity index (χ2v) is 16.4. The number of aromatic nitrogens is 4. The maximum Gasteiger partial charge on any atom is 0.490 e. The molecule has 65 heavy (non-hydrogen) atoms. The van der Waals surface area contributed by atoms with Crippen LogP contribution in [0.1, 0.15) is 71.6 Å². The van der Waals surface area contributed by atoms with E-state index in [9.17, 15) is 45.8 Å². The minimum absolute atomic E-state index is 0.127. The Balaban J connectivity index is 0.000000763. The number of phenolic OH excluding ortho intramolecular Hbond substituents is 1. The lowest BCUT2D eigenvalue weighted by Crippen LogP contribution is -2.49. The molecule has 6 aromatic rings. The van der Waals surface area contributed by atoms with Crippen LogP contribution in [0.15, 0.2) is 73.2 Å². The highest BCUT2D eigenvalue weighted by Gasteiger charge is 2.38. The van der Waals surface area contributed by atoms with E-state index in [1.165, 1.54) is 11.1 Å². The summed E-state index contributed by atoms with van der Waals surface area (Å²) in [6.07, 6.45) is 6.09. The maximum atomic E-state index is 14.1. The van der Waals surface area contributed by atoms with E-state index >= 15 is 0 Å². The number of aliphatic carboxylic acids is 1. The van der Waals surface area contributed by atoms with E-state index in [2.05, 4.69) is 69.3 Å². The molecule has 5 heterocycles. The lowest BCUT2D eigenvalue weighted by atomic mass is 9.86. The number of benzene rings is 3. The van der Waals surface area contributed by atoms with Crippen molar-refractivity contribution < 1.29 is 55.7 Å². The fraction of sp³-hybridized carbons (Fsp3) is 0.333. The number of nitrogens with zero attached hydrogens (tertiary/aromatic N) is 6. The fourth-order valence-corrected chi connectivity index (χ4v) is 8.57. The highest BCUT2D eigenvalue weighted by molar-refractivity contribution is 6.07. The van der Waals surface area contributed by atoms with Gasteiger partial charge in [-0.1, -0.05) is 30.3 Å². The Bertz CT molecular complexity index is 2820. The Morgan fingerprint density at radius 3 is 2.35 bits per heavy atom. The highest BCUT2D eigenvalue weighted by atomic mass is 19.4. The van der Waals surface area contributed by atoms with Crippen molar-refractivity contribution in [3.8, 4) is 16.9 Å². The number of amides is 4. The van der Waals surface area contributed by atoms with Crippen molar-refractivity contribution in [2.24, 2.45) is 5.92 Å². The summed E-state index contributed by atoms with van der Waals surface area (Å²) < 4.78 is 77.2. The molecule has 1 saturated heterocycles. The first-order valence-electron chi connectivity index (χ1n) is 20.9. The van der Waals surface area contributed by atoms with Crippen molar-refractivity contribution in [1.29, 1.82) is 0 Å². The minimum atomic E-state index is -5.08. The Hall–Kier alpha value is -6.96. The molecule has 0 bridgehead atoms. The highest BCUT2D eigenvalue weighted by Crippen LogP contribution is 2.35. The lowest BCUT2D eigenvalue weighted by Gasteiger charge is -2.28. The summed E-state index contributed by atoms with van der Waals surface area (Å²) >= 11 is 0. The number of rotatable bonds is 10. The number of halogens is 6. The van der Waals surface area contributed by atoms with Crippen LogP contribution in [0.25, 0.3) is 27.5 Å². The number of carboxylic acid groups (broad SMARTS) is 1. The van der Waals surface area contributed by atoms with Crippen molar-refractivity contribution in [2.75, 3.05) is 24.5 Å². The summed E-state index contributed by atoms with van der Waals surface area (Å²) in [5, 5.41) is 31.8.